The molecule has 8 heteroatoms. The number of anilines is 1. The van der Waals surface area contributed by atoms with Crippen molar-refractivity contribution in [3.05, 3.63) is 126 Å². The van der Waals surface area contributed by atoms with Crippen LogP contribution in [0.25, 0.3) is 28.1 Å². The van der Waals surface area contributed by atoms with E-state index in [0.717, 1.165) is 41.4 Å². The minimum Gasteiger partial charge on any atom is -0.385 e. The molecular formula is C40H47F3N4S. The lowest BCUT2D eigenvalue weighted by Crippen LogP contribution is -2.04. The normalized spacial score (nSPS) is 13.2. The SMILES string of the molecule is CC.CCNc1ccc(-n2cc(-c3ccc(C(F)(F)F)cc3)nc2Cc2ccc(-c3ccc(C4CCCCC4)cc3)cc2)cc1.CNS. The lowest BCUT2D eigenvalue weighted by Gasteiger charge is -2.22. The molecule has 0 radical (unpaired) electrons. The van der Waals surface area contributed by atoms with Crippen molar-refractivity contribution in [2.75, 3.05) is 18.9 Å². The molecular weight excluding hydrogens is 626 g/mol. The van der Waals surface area contributed by atoms with E-state index in [0.29, 0.717) is 23.6 Å². The molecule has 48 heavy (non-hydrogen) atoms. The van der Waals surface area contributed by atoms with Gasteiger partial charge in [-0.1, -0.05) is 107 Å². The molecule has 1 fully saturated rings. The second kappa shape index (κ2) is 17.9. The highest BCUT2D eigenvalue weighted by Gasteiger charge is 2.30. The van der Waals surface area contributed by atoms with Crippen molar-refractivity contribution in [1.29, 1.82) is 0 Å². The Morgan fingerprint density at radius 2 is 1.31 bits per heavy atom. The minimum atomic E-state index is -4.37. The molecule has 0 bridgehead atoms. The van der Waals surface area contributed by atoms with Crippen molar-refractivity contribution in [2.24, 2.45) is 0 Å². The summed E-state index contributed by atoms with van der Waals surface area (Å²) in [6.07, 6.45) is 4.73. The highest BCUT2D eigenvalue weighted by molar-refractivity contribution is 7.78. The molecule has 0 amide bonds. The van der Waals surface area contributed by atoms with Gasteiger partial charge in [-0.25, -0.2) is 4.98 Å². The van der Waals surface area contributed by atoms with Gasteiger partial charge in [0.05, 0.1) is 11.3 Å². The third-order valence-corrected chi connectivity index (χ3v) is 8.45. The fourth-order valence-electron chi connectivity index (χ4n) is 6.06. The Hall–Kier alpha value is -4.01. The van der Waals surface area contributed by atoms with Crippen molar-refractivity contribution in [1.82, 2.24) is 14.3 Å². The first-order chi connectivity index (χ1) is 23.3. The topological polar surface area (TPSA) is 41.9 Å². The quantitative estimate of drug-likeness (QED) is 0.144. The second-order valence-corrected chi connectivity index (χ2v) is 12.1. The van der Waals surface area contributed by atoms with Crippen molar-refractivity contribution < 1.29 is 13.2 Å². The van der Waals surface area contributed by atoms with Crippen LogP contribution in [-0.2, 0) is 12.6 Å². The fourth-order valence-corrected chi connectivity index (χ4v) is 6.06. The summed E-state index contributed by atoms with van der Waals surface area (Å²) in [5.41, 5.74) is 7.52. The number of hydrogen-bond donors (Lipinski definition) is 3. The van der Waals surface area contributed by atoms with Gasteiger partial charge in [-0.2, -0.15) is 13.2 Å². The molecule has 0 aliphatic heterocycles. The summed E-state index contributed by atoms with van der Waals surface area (Å²) in [6.45, 7) is 6.88. The van der Waals surface area contributed by atoms with E-state index in [4.69, 9.17) is 4.98 Å². The van der Waals surface area contributed by atoms with Gasteiger partial charge < -0.3 is 9.88 Å². The minimum absolute atomic E-state index is 0.580. The molecule has 1 saturated carbocycles. The summed E-state index contributed by atoms with van der Waals surface area (Å²) in [5.74, 6) is 1.51. The zero-order valence-corrected chi connectivity index (χ0v) is 29.2. The lowest BCUT2D eigenvalue weighted by molar-refractivity contribution is -0.137. The zero-order valence-electron chi connectivity index (χ0n) is 28.3. The first kappa shape index (κ1) is 36.8. The Morgan fingerprint density at radius 3 is 1.85 bits per heavy atom. The van der Waals surface area contributed by atoms with Crippen LogP contribution >= 0.6 is 12.8 Å². The standard InChI is InChI=1S/C37H36F3N3.C2H6.CH5NS/c1-2-41-33-20-22-34(23-21-33)43-25-35(31-16-18-32(19-17-31)37(38,39)40)42-36(43)24-26-8-10-28(11-9-26)30-14-12-29(13-15-30)27-6-4-3-5-7-27;1-2;1-2-3/h8-23,25,27,41H,2-7,24H2,1H3;1-2H3;2-3H,1H3. The van der Waals surface area contributed by atoms with Crippen molar-refractivity contribution >= 4 is 18.5 Å². The fraction of sp³-hybridized carbons (Fsp3) is 0.325. The molecule has 1 aliphatic carbocycles. The molecule has 6 rings (SSSR count). The van der Waals surface area contributed by atoms with E-state index in [1.54, 1.807) is 7.05 Å². The van der Waals surface area contributed by atoms with Gasteiger partial charge in [0, 0.05) is 36.1 Å². The van der Waals surface area contributed by atoms with Gasteiger partial charge in [-0.3, -0.25) is 4.72 Å². The van der Waals surface area contributed by atoms with Gasteiger partial charge in [0.2, 0.25) is 0 Å². The monoisotopic (exact) mass is 672 g/mol. The van der Waals surface area contributed by atoms with Crippen molar-refractivity contribution in [3.63, 3.8) is 0 Å². The van der Waals surface area contributed by atoms with Gasteiger partial charge in [-0.15, -0.1) is 0 Å². The molecule has 4 aromatic carbocycles. The Morgan fingerprint density at radius 1 is 0.771 bits per heavy atom. The van der Waals surface area contributed by atoms with Crippen LogP contribution in [0, 0.1) is 0 Å². The van der Waals surface area contributed by atoms with E-state index < -0.39 is 11.7 Å². The Bertz CT molecular complexity index is 1650. The number of aromatic nitrogens is 2. The molecule has 0 atom stereocenters. The number of alkyl halides is 3. The molecule has 4 nitrogen and oxygen atoms in total. The maximum atomic E-state index is 13.1. The van der Waals surface area contributed by atoms with Crippen LogP contribution < -0.4 is 10.0 Å². The van der Waals surface area contributed by atoms with Gasteiger partial charge in [-0.05, 0) is 91.4 Å². The average Bonchev–Trinajstić information content (AvgIpc) is 3.54. The Labute approximate surface area is 289 Å². The van der Waals surface area contributed by atoms with Crippen LogP contribution in [0.15, 0.2) is 103 Å². The van der Waals surface area contributed by atoms with Crippen LogP contribution in [0.4, 0.5) is 18.9 Å². The Balaban J connectivity index is 0.000000986. The number of hydrogen-bond acceptors (Lipinski definition) is 4. The van der Waals surface area contributed by atoms with E-state index in [1.807, 2.05) is 48.9 Å². The van der Waals surface area contributed by atoms with Crippen LogP contribution in [0.5, 0.6) is 0 Å². The maximum Gasteiger partial charge on any atom is 0.416 e. The first-order valence-electron chi connectivity index (χ1n) is 16.9. The molecule has 2 N–H and O–H groups in total. The van der Waals surface area contributed by atoms with Crippen molar-refractivity contribution in [2.45, 2.75) is 71.4 Å². The van der Waals surface area contributed by atoms with Gasteiger partial charge in [0.1, 0.15) is 5.82 Å². The summed E-state index contributed by atoms with van der Waals surface area (Å²) in [5, 5.41) is 3.31. The smallest absolute Gasteiger partial charge is 0.385 e. The molecule has 0 unspecified atom stereocenters. The van der Waals surface area contributed by atoms with Crippen LogP contribution in [0.2, 0.25) is 0 Å². The number of nitrogens with zero attached hydrogens (tertiary/aromatic N) is 2. The number of thiol groups is 1. The predicted octanol–water partition coefficient (Wildman–Crippen LogP) is 11.4. The number of rotatable bonds is 8. The highest BCUT2D eigenvalue weighted by Crippen LogP contribution is 2.34. The summed E-state index contributed by atoms with van der Waals surface area (Å²) in [6, 6.07) is 30.9. The molecule has 254 valence electrons. The summed E-state index contributed by atoms with van der Waals surface area (Å²) >= 11 is 3.54. The predicted molar refractivity (Wildman–Crippen MR) is 198 cm³/mol. The summed E-state index contributed by atoms with van der Waals surface area (Å²) < 4.78 is 43.9. The third kappa shape index (κ3) is 9.77. The maximum absolute atomic E-state index is 13.1. The molecule has 0 spiro atoms. The van der Waals surface area contributed by atoms with E-state index >= 15 is 0 Å². The van der Waals surface area contributed by atoms with E-state index in [9.17, 15) is 13.2 Å². The first-order valence-corrected chi connectivity index (χ1v) is 17.3. The zero-order chi connectivity index (χ0) is 34.5. The molecule has 0 saturated heterocycles. The summed E-state index contributed by atoms with van der Waals surface area (Å²) in [4.78, 5) is 4.90. The van der Waals surface area contributed by atoms with Gasteiger partial charge in [0.25, 0.3) is 0 Å². The Kier molecular flexibility index (Phi) is 13.8. The summed E-state index contributed by atoms with van der Waals surface area (Å²) in [7, 11) is 1.74. The van der Waals surface area contributed by atoms with Crippen LogP contribution in [0.1, 0.15) is 81.3 Å². The lowest BCUT2D eigenvalue weighted by atomic mass is 9.83. The third-order valence-electron chi connectivity index (χ3n) is 8.45. The second-order valence-electron chi connectivity index (χ2n) is 11.6. The highest BCUT2D eigenvalue weighted by atomic mass is 32.1. The number of imidazole rings is 1. The molecule has 5 aromatic rings. The number of benzene rings is 4. The molecule has 1 aliphatic rings. The average molecular weight is 673 g/mol. The van der Waals surface area contributed by atoms with Crippen LogP contribution in [-0.4, -0.2) is 23.1 Å². The van der Waals surface area contributed by atoms with E-state index in [2.05, 4.69) is 78.3 Å². The largest absolute Gasteiger partial charge is 0.416 e. The van der Waals surface area contributed by atoms with Gasteiger partial charge >= 0.3 is 6.18 Å². The molecule has 1 heterocycles. The van der Waals surface area contributed by atoms with E-state index in [-0.39, 0.29) is 0 Å². The van der Waals surface area contributed by atoms with Crippen molar-refractivity contribution in [3.8, 4) is 28.1 Å². The van der Waals surface area contributed by atoms with E-state index in [1.165, 1.54) is 60.9 Å². The van der Waals surface area contributed by atoms with Crippen LogP contribution in [0.3, 0.4) is 0 Å². The number of halogens is 3. The number of nitrogens with one attached hydrogen (secondary N) is 2. The molecule has 1 aromatic heterocycles. The van der Waals surface area contributed by atoms with Gasteiger partial charge in [0.15, 0.2) is 0 Å².